The van der Waals surface area contributed by atoms with Gasteiger partial charge in [-0.15, -0.1) is 0 Å². The smallest absolute Gasteiger partial charge is 0.306 e. The molecule has 0 aromatic heterocycles. The molecule has 0 N–H and O–H groups in total. The number of quaternary nitrogens is 1. The summed E-state index contributed by atoms with van der Waals surface area (Å²) in [4.78, 5) is 37.8. The Balaban J connectivity index is 4.28. The van der Waals surface area contributed by atoms with Gasteiger partial charge >= 0.3 is 11.9 Å². The van der Waals surface area contributed by atoms with Crippen LogP contribution in [0.5, 0.6) is 0 Å². The third-order valence-corrected chi connectivity index (χ3v) is 12.5. The lowest BCUT2D eigenvalue weighted by molar-refractivity contribution is -0.870. The minimum Gasteiger partial charge on any atom is -0.756 e. The van der Waals surface area contributed by atoms with Crippen molar-refractivity contribution in [1.82, 2.24) is 0 Å². The van der Waals surface area contributed by atoms with E-state index in [1.165, 1.54) is 109 Å². The minimum atomic E-state index is -4.64. The van der Waals surface area contributed by atoms with Crippen molar-refractivity contribution < 1.29 is 42.1 Å². The molecule has 0 rings (SSSR count). The summed E-state index contributed by atoms with van der Waals surface area (Å²) < 4.78 is 34.1. The largest absolute Gasteiger partial charge is 0.756 e. The second kappa shape index (κ2) is 48.5. The minimum absolute atomic E-state index is 0.0384. The Labute approximate surface area is 412 Å². The van der Waals surface area contributed by atoms with Gasteiger partial charge < -0.3 is 27.9 Å². The summed E-state index contributed by atoms with van der Waals surface area (Å²) >= 11 is 0. The average molecular weight is 960 g/mol. The van der Waals surface area contributed by atoms with Crippen LogP contribution in [0, 0.1) is 0 Å². The summed E-state index contributed by atoms with van der Waals surface area (Å²) in [5.74, 6) is -0.859. The molecule has 0 radical (unpaired) electrons. The van der Waals surface area contributed by atoms with Crippen molar-refractivity contribution in [3.05, 3.63) is 72.9 Å². The Bertz CT molecular complexity index is 1360. The van der Waals surface area contributed by atoms with E-state index < -0.39 is 26.5 Å². The van der Waals surface area contributed by atoms with Crippen LogP contribution in [-0.4, -0.2) is 70.0 Å². The zero-order chi connectivity index (χ0) is 49.2. The normalized spacial score (nSPS) is 13.9. The van der Waals surface area contributed by atoms with Gasteiger partial charge in [-0.2, -0.15) is 0 Å². The number of nitrogens with zero attached hydrogens (tertiary/aromatic N) is 1. The van der Waals surface area contributed by atoms with E-state index in [1.54, 1.807) is 0 Å². The molecule has 0 bridgehead atoms. The highest BCUT2D eigenvalue weighted by Gasteiger charge is 2.21. The fourth-order valence-electron chi connectivity index (χ4n) is 7.31. The number of ether oxygens (including phenoxy) is 2. The number of esters is 2. The number of likely N-dealkylation sites (N-methyl/N-ethyl adjacent to an activating group) is 1. The van der Waals surface area contributed by atoms with Gasteiger partial charge in [0.15, 0.2) is 6.10 Å². The zero-order valence-electron chi connectivity index (χ0n) is 43.8. The van der Waals surface area contributed by atoms with Crippen molar-refractivity contribution in [3.8, 4) is 0 Å². The number of allylic oxidation sites excluding steroid dienone is 12. The van der Waals surface area contributed by atoms with Gasteiger partial charge in [0, 0.05) is 12.8 Å². The molecule has 10 heteroatoms. The van der Waals surface area contributed by atoms with Crippen molar-refractivity contribution in [2.45, 2.75) is 232 Å². The highest BCUT2D eigenvalue weighted by atomic mass is 31.2. The highest BCUT2D eigenvalue weighted by molar-refractivity contribution is 7.45. The Morgan fingerprint density at radius 3 is 1.27 bits per heavy atom. The molecule has 0 spiro atoms. The molecule has 0 fully saturated rings. The van der Waals surface area contributed by atoms with E-state index in [9.17, 15) is 19.0 Å². The first-order valence-electron chi connectivity index (χ1n) is 27.1. The first-order chi connectivity index (χ1) is 32.5. The Morgan fingerprint density at radius 1 is 0.478 bits per heavy atom. The summed E-state index contributed by atoms with van der Waals surface area (Å²) in [5, 5.41) is 0. The number of carbonyl (C=O) groups is 2. The van der Waals surface area contributed by atoms with Gasteiger partial charge in [0.1, 0.15) is 19.8 Å². The van der Waals surface area contributed by atoms with Gasteiger partial charge in [-0.3, -0.25) is 14.2 Å². The first-order valence-corrected chi connectivity index (χ1v) is 28.6. The van der Waals surface area contributed by atoms with E-state index in [0.717, 1.165) is 83.5 Å². The SMILES string of the molecule is CC/C=C\C/C=C\C/C=C\C/C=C\C/C=C\C/C=C\CCCCCCC(=O)OC(COC(=O)CCCCCCCCCCCCCCCCCCCCCC)COP(=O)([O-])OCC[N+](C)(C)C. The Morgan fingerprint density at radius 2 is 0.851 bits per heavy atom. The first kappa shape index (κ1) is 64.5. The lowest BCUT2D eigenvalue weighted by Gasteiger charge is -2.28. The molecular weight excluding hydrogens is 858 g/mol. The molecule has 0 amide bonds. The van der Waals surface area contributed by atoms with Gasteiger partial charge in [-0.05, 0) is 64.2 Å². The highest BCUT2D eigenvalue weighted by Crippen LogP contribution is 2.38. The van der Waals surface area contributed by atoms with Crippen LogP contribution in [-0.2, 0) is 32.7 Å². The number of carbonyl (C=O) groups excluding carboxylic acids is 2. The molecule has 2 unspecified atom stereocenters. The molecule has 0 saturated carbocycles. The molecule has 388 valence electrons. The maximum atomic E-state index is 12.8. The Kier molecular flexibility index (Phi) is 46.6. The summed E-state index contributed by atoms with van der Waals surface area (Å²) in [6.45, 7) is 4.11. The molecule has 9 nitrogen and oxygen atoms in total. The average Bonchev–Trinajstić information content (AvgIpc) is 3.29. The van der Waals surface area contributed by atoms with E-state index in [2.05, 4.69) is 86.8 Å². The number of hydrogen-bond donors (Lipinski definition) is 0. The van der Waals surface area contributed by atoms with E-state index in [4.69, 9.17) is 18.5 Å². The van der Waals surface area contributed by atoms with Crippen molar-refractivity contribution in [3.63, 3.8) is 0 Å². The fourth-order valence-corrected chi connectivity index (χ4v) is 8.04. The van der Waals surface area contributed by atoms with Crippen molar-refractivity contribution in [2.75, 3.05) is 47.5 Å². The standard InChI is InChI=1S/C57H102NO8P/c1-6-8-10-12-14-16-18-20-22-24-26-28-29-30-32-34-36-38-40-42-44-46-48-50-57(60)66-55(54-65-67(61,62)64-52-51-58(3,4)5)53-63-56(59)49-47-45-43-41-39-37-35-33-31-27-25-23-21-19-17-15-13-11-9-7-2/h8,10,14,16,20,22,26,28,30,32,36,38,55H,6-7,9,11-13,15,17-19,21,23-25,27,29,31,33-35,37,39-54H2,1-5H3/b10-8-,16-14-,22-20-,28-26-,32-30-,38-36-. The van der Waals surface area contributed by atoms with Crippen LogP contribution in [0.3, 0.4) is 0 Å². The summed E-state index contributed by atoms with van der Waals surface area (Å²) in [6.07, 6.45) is 62.2. The van der Waals surface area contributed by atoms with Crippen LogP contribution in [0.1, 0.15) is 226 Å². The monoisotopic (exact) mass is 960 g/mol. The number of unbranched alkanes of at least 4 members (excludes halogenated alkanes) is 23. The van der Waals surface area contributed by atoms with Crippen LogP contribution in [0.25, 0.3) is 0 Å². The maximum Gasteiger partial charge on any atom is 0.306 e. The fraction of sp³-hybridized carbons (Fsp3) is 0.754. The summed E-state index contributed by atoms with van der Waals surface area (Å²) in [6, 6.07) is 0. The third kappa shape index (κ3) is 52.7. The lowest BCUT2D eigenvalue weighted by Crippen LogP contribution is -2.37. The third-order valence-electron chi connectivity index (χ3n) is 11.5. The van der Waals surface area contributed by atoms with E-state index in [0.29, 0.717) is 17.4 Å². The predicted molar refractivity (Wildman–Crippen MR) is 282 cm³/mol. The molecular formula is C57H102NO8P. The number of rotatable bonds is 49. The quantitative estimate of drug-likeness (QED) is 0.0195. The topological polar surface area (TPSA) is 111 Å². The number of phosphoric acid groups is 1. The zero-order valence-corrected chi connectivity index (χ0v) is 44.7. The van der Waals surface area contributed by atoms with Crippen molar-refractivity contribution in [2.24, 2.45) is 0 Å². The second-order valence-corrected chi connectivity index (χ2v) is 20.6. The van der Waals surface area contributed by atoms with Gasteiger partial charge in [0.05, 0.1) is 27.7 Å². The molecule has 0 aromatic carbocycles. The lowest BCUT2D eigenvalue weighted by atomic mass is 10.0. The van der Waals surface area contributed by atoms with Crippen LogP contribution >= 0.6 is 7.82 Å². The summed E-state index contributed by atoms with van der Waals surface area (Å²) in [5.41, 5.74) is 0. The molecule has 67 heavy (non-hydrogen) atoms. The van der Waals surface area contributed by atoms with E-state index >= 15 is 0 Å². The number of phosphoric ester groups is 1. The van der Waals surface area contributed by atoms with E-state index in [-0.39, 0.29) is 32.0 Å². The van der Waals surface area contributed by atoms with Gasteiger partial charge in [-0.1, -0.05) is 222 Å². The molecule has 0 aromatic rings. The molecule has 2 atom stereocenters. The molecule has 0 heterocycles. The molecule has 0 aliphatic carbocycles. The van der Waals surface area contributed by atoms with Gasteiger partial charge in [0.25, 0.3) is 7.82 Å². The molecule has 0 aliphatic rings. The van der Waals surface area contributed by atoms with Gasteiger partial charge in [0.2, 0.25) is 0 Å². The summed E-state index contributed by atoms with van der Waals surface area (Å²) in [7, 11) is 1.14. The van der Waals surface area contributed by atoms with Crippen molar-refractivity contribution in [1.29, 1.82) is 0 Å². The van der Waals surface area contributed by atoms with Gasteiger partial charge in [-0.25, -0.2) is 0 Å². The molecule has 0 saturated heterocycles. The second-order valence-electron chi connectivity index (χ2n) is 19.2. The Hall–Kier alpha value is -2.55. The van der Waals surface area contributed by atoms with Crippen LogP contribution < -0.4 is 4.89 Å². The molecule has 0 aliphatic heterocycles. The predicted octanol–water partition coefficient (Wildman–Crippen LogP) is 15.9. The number of hydrogen-bond acceptors (Lipinski definition) is 8. The van der Waals surface area contributed by atoms with Crippen molar-refractivity contribution >= 4 is 19.8 Å². The van der Waals surface area contributed by atoms with Crippen LogP contribution in [0.4, 0.5) is 0 Å². The van der Waals surface area contributed by atoms with E-state index in [1.807, 2.05) is 21.1 Å². The van der Waals surface area contributed by atoms with Crippen LogP contribution in [0.2, 0.25) is 0 Å². The van der Waals surface area contributed by atoms with Crippen LogP contribution in [0.15, 0.2) is 72.9 Å². The maximum absolute atomic E-state index is 12.8.